The lowest BCUT2D eigenvalue weighted by Gasteiger charge is -2.01. The molecule has 0 spiro atoms. The maximum absolute atomic E-state index is 8.72. The van der Waals surface area contributed by atoms with Crippen LogP contribution in [0.2, 0.25) is 0 Å². The maximum Gasteiger partial charge on any atom is 0.0991 e. The molecule has 0 unspecified atom stereocenters. The molecule has 0 aliphatic heterocycles. The van der Waals surface area contributed by atoms with Crippen molar-refractivity contribution in [3.05, 3.63) is 54.1 Å². The van der Waals surface area contributed by atoms with E-state index in [0.717, 1.165) is 16.8 Å². The van der Waals surface area contributed by atoms with Crippen LogP contribution in [0.25, 0.3) is 11.1 Å². The number of nitrogens with zero attached hydrogens (tertiary/aromatic N) is 2. The van der Waals surface area contributed by atoms with Gasteiger partial charge in [0, 0.05) is 0 Å². The fourth-order valence-corrected chi connectivity index (χ4v) is 1.62. The highest BCUT2D eigenvalue weighted by Gasteiger charge is 1.97. The van der Waals surface area contributed by atoms with Crippen LogP contribution >= 0.6 is 12.2 Å². The molecule has 2 aromatic rings. The van der Waals surface area contributed by atoms with Crippen molar-refractivity contribution in [1.29, 1.82) is 5.26 Å². The molecule has 17 heavy (non-hydrogen) atoms. The van der Waals surface area contributed by atoms with Crippen molar-refractivity contribution >= 4 is 23.1 Å². The smallest absolute Gasteiger partial charge is 0.0991 e. The van der Waals surface area contributed by atoms with Crippen molar-refractivity contribution in [2.45, 2.75) is 0 Å². The van der Waals surface area contributed by atoms with E-state index in [-0.39, 0.29) is 0 Å². The number of thiocarbonyl (C=S) groups is 1. The molecule has 0 heterocycles. The van der Waals surface area contributed by atoms with Crippen LogP contribution in [-0.2, 0) is 0 Å². The predicted molar refractivity (Wildman–Crippen MR) is 71.3 cm³/mol. The molecular weight excluding hydrogens is 228 g/mol. The summed E-state index contributed by atoms with van der Waals surface area (Å²) in [5.41, 5.74) is 3.60. The molecular formula is C14H8N2S. The summed E-state index contributed by atoms with van der Waals surface area (Å²) in [6, 6.07) is 17.3. The number of aliphatic imine (C=N–C) groups is 1. The number of isothiocyanates is 1. The van der Waals surface area contributed by atoms with Gasteiger partial charge in [-0.1, -0.05) is 24.3 Å². The summed E-state index contributed by atoms with van der Waals surface area (Å²) in [4.78, 5) is 3.89. The van der Waals surface area contributed by atoms with Crippen molar-refractivity contribution in [3.63, 3.8) is 0 Å². The van der Waals surface area contributed by atoms with Crippen LogP contribution in [0, 0.1) is 11.3 Å². The molecule has 0 atom stereocenters. The average Bonchev–Trinajstić information content (AvgIpc) is 2.40. The second-order valence-electron chi connectivity index (χ2n) is 3.44. The summed E-state index contributed by atoms with van der Waals surface area (Å²) in [6.45, 7) is 0. The molecule has 0 saturated heterocycles. The van der Waals surface area contributed by atoms with Gasteiger partial charge in [-0.05, 0) is 47.6 Å². The first-order valence-electron chi connectivity index (χ1n) is 5.02. The molecule has 2 rings (SSSR count). The molecule has 0 aliphatic rings. The topological polar surface area (TPSA) is 36.1 Å². The minimum Gasteiger partial charge on any atom is -0.195 e. The van der Waals surface area contributed by atoms with E-state index in [1.807, 2.05) is 36.4 Å². The van der Waals surface area contributed by atoms with E-state index in [9.17, 15) is 0 Å². The van der Waals surface area contributed by atoms with E-state index in [2.05, 4.69) is 28.4 Å². The maximum atomic E-state index is 8.72. The Kier molecular flexibility index (Phi) is 3.42. The molecule has 2 aromatic carbocycles. The Morgan fingerprint density at radius 3 is 1.88 bits per heavy atom. The first-order valence-corrected chi connectivity index (χ1v) is 5.43. The van der Waals surface area contributed by atoms with E-state index in [1.165, 1.54) is 0 Å². The van der Waals surface area contributed by atoms with Crippen molar-refractivity contribution in [2.24, 2.45) is 4.99 Å². The molecule has 0 bridgehead atoms. The minimum atomic E-state index is 0.663. The van der Waals surface area contributed by atoms with Gasteiger partial charge in [0.1, 0.15) is 0 Å². The summed E-state index contributed by atoms with van der Waals surface area (Å²) in [6.07, 6.45) is 0. The van der Waals surface area contributed by atoms with E-state index in [1.54, 1.807) is 12.1 Å². The van der Waals surface area contributed by atoms with E-state index in [0.29, 0.717) is 5.56 Å². The van der Waals surface area contributed by atoms with Crippen LogP contribution in [0.15, 0.2) is 53.5 Å². The molecule has 0 aromatic heterocycles. The van der Waals surface area contributed by atoms with E-state index >= 15 is 0 Å². The summed E-state index contributed by atoms with van der Waals surface area (Å²) < 4.78 is 0. The second kappa shape index (κ2) is 5.18. The highest BCUT2D eigenvalue weighted by atomic mass is 32.1. The zero-order chi connectivity index (χ0) is 12.1. The fraction of sp³-hybridized carbons (Fsp3) is 0. The summed E-state index contributed by atoms with van der Waals surface area (Å²) in [7, 11) is 0. The third-order valence-corrected chi connectivity index (χ3v) is 2.48. The van der Waals surface area contributed by atoms with Crippen molar-refractivity contribution in [3.8, 4) is 17.2 Å². The number of hydrogen-bond donors (Lipinski definition) is 0. The van der Waals surface area contributed by atoms with E-state index < -0.39 is 0 Å². The molecule has 0 saturated carbocycles. The summed E-state index contributed by atoms with van der Waals surface area (Å²) >= 11 is 4.54. The third-order valence-electron chi connectivity index (χ3n) is 2.39. The highest BCUT2D eigenvalue weighted by molar-refractivity contribution is 7.78. The van der Waals surface area contributed by atoms with Gasteiger partial charge in [0.25, 0.3) is 0 Å². The monoisotopic (exact) mass is 236 g/mol. The minimum absolute atomic E-state index is 0.663. The summed E-state index contributed by atoms with van der Waals surface area (Å²) in [5, 5.41) is 11.0. The Morgan fingerprint density at radius 2 is 1.41 bits per heavy atom. The predicted octanol–water partition coefficient (Wildman–Crippen LogP) is 3.96. The molecule has 0 N–H and O–H groups in total. The van der Waals surface area contributed by atoms with Gasteiger partial charge in [0.15, 0.2) is 0 Å². The lowest BCUT2D eigenvalue weighted by Crippen LogP contribution is -1.78. The van der Waals surface area contributed by atoms with Crippen molar-refractivity contribution < 1.29 is 0 Å². The fourth-order valence-electron chi connectivity index (χ4n) is 1.52. The van der Waals surface area contributed by atoms with Crippen LogP contribution < -0.4 is 0 Å². The largest absolute Gasteiger partial charge is 0.195 e. The van der Waals surface area contributed by atoms with Gasteiger partial charge in [-0.2, -0.15) is 10.3 Å². The Labute approximate surface area is 105 Å². The van der Waals surface area contributed by atoms with Gasteiger partial charge in [-0.25, -0.2) is 0 Å². The van der Waals surface area contributed by atoms with Gasteiger partial charge in [-0.3, -0.25) is 0 Å². The molecule has 0 radical (unpaired) electrons. The molecule has 3 heteroatoms. The SMILES string of the molecule is N#Cc1ccc(-c2ccc(N=C=S)cc2)cc1. The van der Waals surface area contributed by atoms with Crippen LogP contribution in [0.4, 0.5) is 5.69 Å². The first-order chi connectivity index (χ1) is 8.33. The zero-order valence-electron chi connectivity index (χ0n) is 8.92. The Morgan fingerprint density at radius 1 is 0.882 bits per heavy atom. The van der Waals surface area contributed by atoms with Crippen LogP contribution in [0.5, 0.6) is 0 Å². The molecule has 80 valence electrons. The van der Waals surface area contributed by atoms with Crippen LogP contribution in [-0.4, -0.2) is 5.16 Å². The number of nitriles is 1. The summed E-state index contributed by atoms with van der Waals surface area (Å²) in [5.74, 6) is 0. The number of rotatable bonds is 2. The lowest BCUT2D eigenvalue weighted by atomic mass is 10.0. The van der Waals surface area contributed by atoms with Crippen molar-refractivity contribution in [2.75, 3.05) is 0 Å². The standard InChI is InChI=1S/C14H8N2S/c15-9-11-1-3-12(4-2-11)13-5-7-14(8-6-13)16-10-17/h1-8H. The molecule has 2 nitrogen and oxygen atoms in total. The van der Waals surface area contributed by atoms with Gasteiger partial charge in [-0.15, -0.1) is 0 Å². The number of benzene rings is 2. The van der Waals surface area contributed by atoms with Gasteiger partial charge >= 0.3 is 0 Å². The zero-order valence-corrected chi connectivity index (χ0v) is 9.74. The first kappa shape index (κ1) is 11.2. The van der Waals surface area contributed by atoms with Crippen LogP contribution in [0.1, 0.15) is 5.56 Å². The Hall–Kier alpha value is -2.27. The van der Waals surface area contributed by atoms with Crippen LogP contribution in [0.3, 0.4) is 0 Å². The Bertz CT molecular complexity index is 600. The molecule has 0 aliphatic carbocycles. The van der Waals surface area contributed by atoms with Crippen molar-refractivity contribution in [1.82, 2.24) is 0 Å². The third kappa shape index (κ3) is 2.64. The van der Waals surface area contributed by atoms with Gasteiger partial charge in [0.2, 0.25) is 0 Å². The average molecular weight is 236 g/mol. The second-order valence-corrected chi connectivity index (χ2v) is 3.62. The molecule has 0 fully saturated rings. The highest BCUT2D eigenvalue weighted by Crippen LogP contribution is 2.22. The van der Waals surface area contributed by atoms with Gasteiger partial charge in [0.05, 0.1) is 22.5 Å². The normalized spacial score (nSPS) is 9.12. The Balaban J connectivity index is 2.33. The number of hydrogen-bond acceptors (Lipinski definition) is 3. The quantitative estimate of drug-likeness (QED) is 0.584. The lowest BCUT2D eigenvalue weighted by molar-refractivity contribution is 1.48. The van der Waals surface area contributed by atoms with E-state index in [4.69, 9.17) is 5.26 Å². The van der Waals surface area contributed by atoms with Gasteiger partial charge < -0.3 is 0 Å². The molecule has 0 amide bonds.